The van der Waals surface area contributed by atoms with Crippen LogP contribution in [0.1, 0.15) is 34.8 Å². The Labute approximate surface area is 109 Å². The number of aryl methyl sites for hydroxylation is 1. The Morgan fingerprint density at radius 2 is 2.17 bits per heavy atom. The smallest absolute Gasteiger partial charge is 0.254 e. The quantitative estimate of drug-likeness (QED) is 0.824. The number of rotatable bonds is 3. The predicted molar refractivity (Wildman–Crippen MR) is 74.4 cm³/mol. The lowest BCUT2D eigenvalue weighted by Gasteiger charge is -2.17. The number of nitrogens with zero attached hydrogens (tertiary/aromatic N) is 1. The van der Waals surface area contributed by atoms with Gasteiger partial charge in [-0.15, -0.1) is 0 Å². The van der Waals surface area contributed by atoms with Crippen LogP contribution < -0.4 is 5.73 Å². The molecule has 2 N–H and O–H groups in total. The van der Waals surface area contributed by atoms with E-state index < -0.39 is 0 Å². The Morgan fingerprint density at radius 1 is 1.44 bits per heavy atom. The van der Waals surface area contributed by atoms with Crippen LogP contribution in [-0.2, 0) is 0 Å². The normalized spacial score (nSPS) is 9.56. The van der Waals surface area contributed by atoms with Gasteiger partial charge in [0.05, 0.1) is 12.1 Å². The van der Waals surface area contributed by atoms with Crippen molar-refractivity contribution in [3.05, 3.63) is 34.9 Å². The van der Waals surface area contributed by atoms with Crippen molar-refractivity contribution in [1.29, 1.82) is 0 Å². The van der Waals surface area contributed by atoms with Gasteiger partial charge >= 0.3 is 0 Å². The van der Waals surface area contributed by atoms with Crippen LogP contribution in [-0.4, -0.2) is 30.9 Å². The molecule has 96 valence electrons. The lowest BCUT2D eigenvalue weighted by Crippen LogP contribution is -2.28. The van der Waals surface area contributed by atoms with Crippen LogP contribution in [0, 0.1) is 18.8 Å². The first-order chi connectivity index (χ1) is 8.60. The minimum atomic E-state index is 0.0156. The summed E-state index contributed by atoms with van der Waals surface area (Å²) in [5.74, 6) is 5.77. The summed E-state index contributed by atoms with van der Waals surface area (Å²) >= 11 is 0. The van der Waals surface area contributed by atoms with E-state index in [4.69, 9.17) is 5.73 Å². The lowest BCUT2D eigenvalue weighted by molar-refractivity contribution is 0.0795. The molecular weight excluding hydrogens is 224 g/mol. The van der Waals surface area contributed by atoms with E-state index in [0.29, 0.717) is 12.1 Å². The van der Waals surface area contributed by atoms with E-state index >= 15 is 0 Å². The summed E-state index contributed by atoms with van der Waals surface area (Å²) in [6.07, 6.45) is 0.942. The Kier molecular flexibility index (Phi) is 5.41. The second-order valence-corrected chi connectivity index (χ2v) is 4.28. The van der Waals surface area contributed by atoms with E-state index in [-0.39, 0.29) is 5.91 Å². The molecule has 0 aliphatic rings. The minimum absolute atomic E-state index is 0.0156. The first-order valence-electron chi connectivity index (χ1n) is 6.15. The van der Waals surface area contributed by atoms with Crippen molar-refractivity contribution >= 4 is 5.91 Å². The van der Waals surface area contributed by atoms with Gasteiger partial charge in [-0.1, -0.05) is 30.4 Å². The number of benzene rings is 1. The van der Waals surface area contributed by atoms with Gasteiger partial charge in [0, 0.05) is 19.2 Å². The van der Waals surface area contributed by atoms with E-state index in [1.165, 1.54) is 0 Å². The highest BCUT2D eigenvalue weighted by Gasteiger charge is 2.14. The second kappa shape index (κ2) is 6.83. The Hall–Kier alpha value is -1.79. The molecule has 0 radical (unpaired) electrons. The highest BCUT2D eigenvalue weighted by molar-refractivity contribution is 5.96. The number of hydrogen-bond donors (Lipinski definition) is 1. The van der Waals surface area contributed by atoms with Gasteiger partial charge in [-0.3, -0.25) is 4.79 Å². The first-order valence-corrected chi connectivity index (χ1v) is 6.15. The maximum Gasteiger partial charge on any atom is 0.254 e. The van der Waals surface area contributed by atoms with Gasteiger partial charge in [-0.05, 0) is 25.5 Å². The van der Waals surface area contributed by atoms with Crippen molar-refractivity contribution in [2.45, 2.75) is 20.3 Å². The molecular formula is C15H20N2O. The van der Waals surface area contributed by atoms with E-state index in [1.807, 2.05) is 32.2 Å². The molecule has 0 aliphatic heterocycles. The largest absolute Gasteiger partial charge is 0.342 e. The predicted octanol–water partition coefficient (Wildman–Crippen LogP) is 1.79. The van der Waals surface area contributed by atoms with E-state index in [1.54, 1.807) is 4.90 Å². The summed E-state index contributed by atoms with van der Waals surface area (Å²) < 4.78 is 0. The number of carbonyl (C=O) groups is 1. The average molecular weight is 244 g/mol. The highest BCUT2D eigenvalue weighted by Crippen LogP contribution is 2.13. The van der Waals surface area contributed by atoms with Gasteiger partial charge in [0.2, 0.25) is 0 Å². The molecule has 0 heterocycles. The molecule has 0 atom stereocenters. The van der Waals surface area contributed by atoms with E-state index in [0.717, 1.165) is 24.1 Å². The molecule has 0 saturated carbocycles. The van der Waals surface area contributed by atoms with Crippen LogP contribution >= 0.6 is 0 Å². The third-order valence-corrected chi connectivity index (χ3v) is 2.64. The second-order valence-electron chi connectivity index (χ2n) is 4.28. The molecule has 3 heteroatoms. The van der Waals surface area contributed by atoms with Crippen molar-refractivity contribution in [2.75, 3.05) is 20.1 Å². The zero-order chi connectivity index (χ0) is 13.5. The van der Waals surface area contributed by atoms with Gasteiger partial charge in [-0.2, -0.15) is 0 Å². The fourth-order valence-corrected chi connectivity index (χ4v) is 1.73. The molecule has 0 spiro atoms. The first kappa shape index (κ1) is 14.3. The van der Waals surface area contributed by atoms with Crippen LogP contribution in [0.2, 0.25) is 0 Å². The molecule has 0 aliphatic carbocycles. The topological polar surface area (TPSA) is 46.3 Å². The highest BCUT2D eigenvalue weighted by atomic mass is 16.2. The fourth-order valence-electron chi connectivity index (χ4n) is 1.73. The van der Waals surface area contributed by atoms with Gasteiger partial charge in [-0.25, -0.2) is 0 Å². The summed E-state index contributed by atoms with van der Waals surface area (Å²) in [7, 11) is 1.81. The van der Waals surface area contributed by atoms with Crippen molar-refractivity contribution in [1.82, 2.24) is 4.90 Å². The molecule has 0 fully saturated rings. The minimum Gasteiger partial charge on any atom is -0.342 e. The molecule has 1 aromatic rings. The standard InChI is InChI=1S/C15H20N2O/c1-4-10-17(3)15(18)14-11-12(2)7-8-13(14)6-5-9-16/h7-8,11H,4,9-10,16H2,1-3H3. The lowest BCUT2D eigenvalue weighted by atomic mass is 10.0. The Morgan fingerprint density at radius 3 is 2.78 bits per heavy atom. The maximum absolute atomic E-state index is 12.3. The van der Waals surface area contributed by atoms with E-state index in [2.05, 4.69) is 18.8 Å². The van der Waals surface area contributed by atoms with Crippen molar-refractivity contribution < 1.29 is 4.79 Å². The zero-order valence-corrected chi connectivity index (χ0v) is 11.3. The van der Waals surface area contributed by atoms with Crippen molar-refractivity contribution in [3.63, 3.8) is 0 Å². The molecule has 0 aromatic heterocycles. The number of nitrogens with two attached hydrogens (primary N) is 1. The third kappa shape index (κ3) is 3.61. The van der Waals surface area contributed by atoms with Gasteiger partial charge in [0.25, 0.3) is 5.91 Å². The van der Waals surface area contributed by atoms with Gasteiger partial charge < -0.3 is 10.6 Å². The van der Waals surface area contributed by atoms with Crippen LogP contribution in [0.25, 0.3) is 0 Å². The van der Waals surface area contributed by atoms with Crippen LogP contribution in [0.15, 0.2) is 18.2 Å². The zero-order valence-electron chi connectivity index (χ0n) is 11.3. The average Bonchev–Trinajstić information content (AvgIpc) is 2.36. The summed E-state index contributed by atoms with van der Waals surface area (Å²) in [5, 5.41) is 0. The van der Waals surface area contributed by atoms with E-state index in [9.17, 15) is 4.79 Å². The maximum atomic E-state index is 12.3. The van der Waals surface area contributed by atoms with Crippen molar-refractivity contribution in [3.8, 4) is 11.8 Å². The Bertz CT molecular complexity index is 483. The molecule has 1 rings (SSSR count). The van der Waals surface area contributed by atoms with Crippen LogP contribution in [0.4, 0.5) is 0 Å². The summed E-state index contributed by atoms with van der Waals surface area (Å²) in [4.78, 5) is 14.0. The SMILES string of the molecule is CCCN(C)C(=O)c1cc(C)ccc1C#CCN. The van der Waals surface area contributed by atoms with Crippen LogP contribution in [0.5, 0.6) is 0 Å². The molecule has 0 unspecified atom stereocenters. The molecule has 1 amide bonds. The molecule has 0 saturated heterocycles. The number of amides is 1. The molecule has 1 aromatic carbocycles. The fraction of sp³-hybridized carbons (Fsp3) is 0.400. The van der Waals surface area contributed by atoms with Crippen molar-refractivity contribution in [2.24, 2.45) is 5.73 Å². The number of hydrogen-bond acceptors (Lipinski definition) is 2. The molecule has 0 bridgehead atoms. The molecule has 18 heavy (non-hydrogen) atoms. The van der Waals surface area contributed by atoms with Crippen LogP contribution in [0.3, 0.4) is 0 Å². The Balaban J connectivity index is 3.12. The summed E-state index contributed by atoms with van der Waals surface area (Å²) in [5.41, 5.74) is 7.84. The molecule has 3 nitrogen and oxygen atoms in total. The summed E-state index contributed by atoms with van der Waals surface area (Å²) in [6.45, 7) is 5.06. The number of carbonyl (C=O) groups excluding carboxylic acids is 1. The van der Waals surface area contributed by atoms with Gasteiger partial charge in [0.15, 0.2) is 0 Å². The third-order valence-electron chi connectivity index (χ3n) is 2.64. The monoisotopic (exact) mass is 244 g/mol. The van der Waals surface area contributed by atoms with Gasteiger partial charge in [0.1, 0.15) is 0 Å². The summed E-state index contributed by atoms with van der Waals surface area (Å²) in [6, 6.07) is 5.72.